The number of aliphatic hydroxyl groups is 1. The van der Waals surface area contributed by atoms with Gasteiger partial charge in [0.05, 0.1) is 11.1 Å². The zero-order valence-corrected chi connectivity index (χ0v) is 10.6. The molecule has 1 rings (SSSR count). The van der Waals surface area contributed by atoms with Gasteiger partial charge >= 0.3 is 12.4 Å². The van der Waals surface area contributed by atoms with Crippen LogP contribution in [-0.2, 0) is 12.4 Å². The summed E-state index contributed by atoms with van der Waals surface area (Å²) in [5.41, 5.74) is -2.77. The molecule has 1 atom stereocenters. The van der Waals surface area contributed by atoms with E-state index in [4.69, 9.17) is 5.11 Å². The molecule has 1 unspecified atom stereocenters. The van der Waals surface area contributed by atoms with Gasteiger partial charge in [0.15, 0.2) is 0 Å². The third-order valence-corrected chi connectivity index (χ3v) is 2.98. The Morgan fingerprint density at radius 3 is 2.05 bits per heavy atom. The van der Waals surface area contributed by atoms with Gasteiger partial charge in [-0.1, -0.05) is 13.3 Å². The molecule has 0 aliphatic heterocycles. The van der Waals surface area contributed by atoms with Crippen LogP contribution in [-0.4, -0.2) is 11.7 Å². The molecular weight excluding hydrogens is 286 g/mol. The van der Waals surface area contributed by atoms with Gasteiger partial charge in [-0.2, -0.15) is 26.3 Å². The molecule has 0 spiro atoms. The fourth-order valence-corrected chi connectivity index (χ4v) is 2.03. The summed E-state index contributed by atoms with van der Waals surface area (Å²) in [6.45, 7) is 1.06. The molecule has 1 N–H and O–H groups in total. The van der Waals surface area contributed by atoms with Crippen molar-refractivity contribution in [1.29, 1.82) is 0 Å². The van der Waals surface area contributed by atoms with Gasteiger partial charge in [0.25, 0.3) is 0 Å². The molecule has 0 saturated heterocycles. The molecule has 0 aliphatic rings. The summed E-state index contributed by atoms with van der Waals surface area (Å²) in [6, 6.07) is 1.32. The van der Waals surface area contributed by atoms with E-state index in [-0.39, 0.29) is 6.42 Å². The van der Waals surface area contributed by atoms with Crippen molar-refractivity contribution in [3.05, 3.63) is 34.9 Å². The Morgan fingerprint density at radius 1 is 1.05 bits per heavy atom. The molecule has 0 heterocycles. The molecule has 114 valence electrons. The van der Waals surface area contributed by atoms with Crippen LogP contribution in [0.3, 0.4) is 0 Å². The first-order chi connectivity index (χ1) is 9.11. The second kappa shape index (κ2) is 6.03. The van der Waals surface area contributed by atoms with E-state index in [1.54, 1.807) is 6.92 Å². The van der Waals surface area contributed by atoms with Crippen molar-refractivity contribution < 1.29 is 31.4 Å². The lowest BCUT2D eigenvalue weighted by Crippen LogP contribution is -2.16. The molecule has 1 nitrogen and oxygen atoms in total. The molecule has 0 saturated carbocycles. The number of alkyl halides is 6. The average molecular weight is 300 g/mol. The maximum atomic E-state index is 12.9. The van der Waals surface area contributed by atoms with E-state index in [1.807, 2.05) is 0 Å². The third kappa shape index (κ3) is 3.88. The van der Waals surface area contributed by atoms with Crippen molar-refractivity contribution in [2.75, 3.05) is 6.61 Å². The predicted molar refractivity (Wildman–Crippen MR) is 61.2 cm³/mol. The second-order valence-corrected chi connectivity index (χ2v) is 4.47. The van der Waals surface area contributed by atoms with Gasteiger partial charge in [-0.05, 0) is 30.2 Å². The zero-order valence-electron chi connectivity index (χ0n) is 10.6. The van der Waals surface area contributed by atoms with Crippen LogP contribution in [0.15, 0.2) is 18.2 Å². The molecule has 20 heavy (non-hydrogen) atoms. The van der Waals surface area contributed by atoms with Crippen molar-refractivity contribution in [1.82, 2.24) is 0 Å². The third-order valence-electron chi connectivity index (χ3n) is 2.98. The minimum absolute atomic E-state index is 0.181. The first-order valence-corrected chi connectivity index (χ1v) is 6.00. The highest BCUT2D eigenvalue weighted by atomic mass is 19.4. The Balaban J connectivity index is 3.40. The minimum Gasteiger partial charge on any atom is -0.396 e. The number of benzene rings is 1. The lowest BCUT2D eigenvalue weighted by Gasteiger charge is -2.21. The van der Waals surface area contributed by atoms with Gasteiger partial charge < -0.3 is 5.11 Å². The standard InChI is InChI=1S/C13H14F6O/c1-2-3-8(7-20)10-6-9(12(14,15)16)4-5-11(10)13(17,18)19/h4-6,8,20H,2-3,7H2,1H3. The fourth-order valence-electron chi connectivity index (χ4n) is 2.03. The van der Waals surface area contributed by atoms with E-state index in [0.717, 1.165) is 0 Å². The van der Waals surface area contributed by atoms with Crippen LogP contribution in [0.5, 0.6) is 0 Å². The van der Waals surface area contributed by atoms with Gasteiger partial charge in [-0.25, -0.2) is 0 Å². The van der Waals surface area contributed by atoms with Crippen molar-refractivity contribution in [2.24, 2.45) is 0 Å². The molecule has 0 bridgehead atoms. The fraction of sp³-hybridized carbons (Fsp3) is 0.538. The largest absolute Gasteiger partial charge is 0.416 e. The second-order valence-electron chi connectivity index (χ2n) is 4.47. The average Bonchev–Trinajstić information content (AvgIpc) is 2.33. The van der Waals surface area contributed by atoms with Gasteiger partial charge in [-0.15, -0.1) is 0 Å². The number of rotatable bonds is 4. The summed E-state index contributed by atoms with van der Waals surface area (Å²) in [4.78, 5) is 0. The molecule has 1 aromatic carbocycles. The Morgan fingerprint density at radius 2 is 1.65 bits per heavy atom. The first-order valence-electron chi connectivity index (χ1n) is 6.00. The van der Waals surface area contributed by atoms with Crippen molar-refractivity contribution in [3.63, 3.8) is 0 Å². The maximum Gasteiger partial charge on any atom is 0.416 e. The van der Waals surface area contributed by atoms with E-state index in [9.17, 15) is 26.3 Å². The lowest BCUT2D eigenvalue weighted by molar-refractivity contribution is -0.142. The van der Waals surface area contributed by atoms with E-state index in [1.165, 1.54) is 0 Å². The molecule has 0 aromatic heterocycles. The van der Waals surface area contributed by atoms with Gasteiger partial charge in [0.1, 0.15) is 0 Å². The zero-order chi connectivity index (χ0) is 15.6. The van der Waals surface area contributed by atoms with Crippen LogP contribution in [0.1, 0.15) is 42.4 Å². The normalized spacial score (nSPS) is 14.4. The molecule has 0 radical (unpaired) electrons. The molecule has 0 aliphatic carbocycles. The van der Waals surface area contributed by atoms with Crippen LogP contribution in [0.4, 0.5) is 26.3 Å². The quantitative estimate of drug-likeness (QED) is 0.806. The summed E-state index contributed by atoms with van der Waals surface area (Å²) in [5.74, 6) is -0.959. The van der Waals surface area contributed by atoms with Gasteiger partial charge in [0.2, 0.25) is 0 Å². The molecule has 0 fully saturated rings. The van der Waals surface area contributed by atoms with E-state index >= 15 is 0 Å². The van der Waals surface area contributed by atoms with Crippen LogP contribution in [0, 0.1) is 0 Å². The Labute approximate surface area is 112 Å². The summed E-state index contributed by atoms with van der Waals surface area (Å²) in [6.07, 6.45) is -8.83. The van der Waals surface area contributed by atoms with E-state index in [0.29, 0.717) is 24.6 Å². The topological polar surface area (TPSA) is 20.2 Å². The lowest BCUT2D eigenvalue weighted by atomic mass is 9.89. The predicted octanol–water partition coefficient (Wildman–Crippen LogP) is 4.60. The monoisotopic (exact) mass is 300 g/mol. The summed E-state index contributed by atoms with van der Waals surface area (Å²) < 4.78 is 76.4. The summed E-state index contributed by atoms with van der Waals surface area (Å²) >= 11 is 0. The smallest absolute Gasteiger partial charge is 0.396 e. The van der Waals surface area contributed by atoms with E-state index in [2.05, 4.69) is 0 Å². The molecule has 7 heteroatoms. The van der Waals surface area contributed by atoms with Crippen molar-refractivity contribution in [3.8, 4) is 0 Å². The Bertz CT molecular complexity index is 449. The number of halogens is 6. The van der Waals surface area contributed by atoms with E-state index < -0.39 is 41.6 Å². The van der Waals surface area contributed by atoms with Crippen molar-refractivity contribution >= 4 is 0 Å². The van der Waals surface area contributed by atoms with Crippen LogP contribution >= 0.6 is 0 Å². The van der Waals surface area contributed by atoms with Crippen LogP contribution < -0.4 is 0 Å². The number of hydrogen-bond acceptors (Lipinski definition) is 1. The minimum atomic E-state index is -4.75. The SMILES string of the molecule is CCCC(CO)c1cc(C(F)(F)F)ccc1C(F)(F)F. The molecular formula is C13H14F6O. The summed E-state index contributed by atoms with van der Waals surface area (Å²) in [7, 11) is 0. The van der Waals surface area contributed by atoms with Crippen LogP contribution in [0.2, 0.25) is 0 Å². The summed E-state index contributed by atoms with van der Waals surface area (Å²) in [5, 5.41) is 9.15. The molecule has 0 amide bonds. The van der Waals surface area contributed by atoms with Gasteiger partial charge in [0, 0.05) is 12.5 Å². The Kier molecular flexibility index (Phi) is 5.07. The first kappa shape index (κ1) is 16.8. The maximum absolute atomic E-state index is 12.9. The van der Waals surface area contributed by atoms with Crippen molar-refractivity contribution in [2.45, 2.75) is 38.0 Å². The molecule has 1 aromatic rings. The highest BCUT2D eigenvalue weighted by Crippen LogP contribution is 2.40. The van der Waals surface area contributed by atoms with Crippen LogP contribution in [0.25, 0.3) is 0 Å². The number of aliphatic hydroxyl groups excluding tert-OH is 1. The van der Waals surface area contributed by atoms with Gasteiger partial charge in [-0.3, -0.25) is 0 Å². The number of hydrogen-bond donors (Lipinski definition) is 1. The Hall–Kier alpha value is -1.24. The highest BCUT2D eigenvalue weighted by Gasteiger charge is 2.38. The highest BCUT2D eigenvalue weighted by molar-refractivity contribution is 5.38.